The lowest BCUT2D eigenvalue weighted by atomic mass is 10.1. The highest BCUT2D eigenvalue weighted by molar-refractivity contribution is 6.36. The molecule has 7 heteroatoms. The van der Waals surface area contributed by atoms with Gasteiger partial charge in [-0.1, -0.05) is 35.3 Å². The Balaban J connectivity index is 1.65. The molecule has 0 saturated heterocycles. The minimum absolute atomic E-state index is 0.0696. The zero-order valence-electron chi connectivity index (χ0n) is 15.2. The molecule has 2 amide bonds. The van der Waals surface area contributed by atoms with E-state index in [1.807, 2.05) is 6.92 Å². The van der Waals surface area contributed by atoms with Crippen LogP contribution in [0.25, 0.3) is 0 Å². The smallest absolute Gasteiger partial charge is 0.266 e. The molecule has 0 radical (unpaired) electrons. The number of aliphatic imine (C=N–C) groups is 1. The molecule has 1 aliphatic heterocycles. The highest BCUT2D eigenvalue weighted by atomic mass is 35.5. The molecular weight excluding hydrogens is 411 g/mol. The Morgan fingerprint density at radius 1 is 0.931 bits per heavy atom. The molecule has 144 valence electrons. The van der Waals surface area contributed by atoms with Gasteiger partial charge in [0.2, 0.25) is 0 Å². The molecule has 1 N–H and O–H groups in total. The van der Waals surface area contributed by atoms with E-state index in [0.717, 1.165) is 10.5 Å². The molecule has 0 atom stereocenters. The van der Waals surface area contributed by atoms with Crippen LogP contribution in [0.4, 0.5) is 11.4 Å². The van der Waals surface area contributed by atoms with E-state index in [1.54, 1.807) is 48.5 Å². The fraction of sp³-hybridized carbons (Fsp3) is 0.0455. The molecule has 0 fully saturated rings. The number of aryl methyl sites for hydroxylation is 1. The van der Waals surface area contributed by atoms with Gasteiger partial charge in [0.05, 0.1) is 32.5 Å². The highest BCUT2D eigenvalue weighted by Gasteiger charge is 2.36. The van der Waals surface area contributed by atoms with Gasteiger partial charge in [0, 0.05) is 11.8 Å². The zero-order chi connectivity index (χ0) is 20.7. The lowest BCUT2D eigenvalue weighted by molar-refractivity contribution is 0.0926. The van der Waals surface area contributed by atoms with Crippen LogP contribution < -0.4 is 4.90 Å². The molecule has 4 rings (SSSR count). The first-order valence-corrected chi connectivity index (χ1v) is 9.43. The maximum absolute atomic E-state index is 12.6. The van der Waals surface area contributed by atoms with E-state index in [9.17, 15) is 14.7 Å². The number of amides is 2. The number of carbonyl (C=O) groups is 2. The van der Waals surface area contributed by atoms with Gasteiger partial charge < -0.3 is 5.11 Å². The summed E-state index contributed by atoms with van der Waals surface area (Å²) >= 11 is 12.3. The minimum Gasteiger partial charge on any atom is -0.506 e. The van der Waals surface area contributed by atoms with Gasteiger partial charge >= 0.3 is 0 Å². The molecule has 5 nitrogen and oxygen atoms in total. The second kappa shape index (κ2) is 7.35. The van der Waals surface area contributed by atoms with Gasteiger partial charge in [0.15, 0.2) is 0 Å². The Morgan fingerprint density at radius 3 is 2.21 bits per heavy atom. The quantitative estimate of drug-likeness (QED) is 0.441. The summed E-state index contributed by atoms with van der Waals surface area (Å²) in [5, 5.41) is 10.6. The van der Waals surface area contributed by atoms with Crippen molar-refractivity contribution in [2.75, 3.05) is 4.90 Å². The average molecular weight is 425 g/mol. The molecule has 0 aliphatic carbocycles. The summed E-state index contributed by atoms with van der Waals surface area (Å²) in [6.07, 6.45) is 1.46. The molecular formula is C22H14Cl2N2O3. The second-order valence-corrected chi connectivity index (χ2v) is 7.38. The minimum atomic E-state index is -0.391. The Labute approximate surface area is 176 Å². The number of anilines is 1. The van der Waals surface area contributed by atoms with Crippen LogP contribution in [0.5, 0.6) is 5.75 Å². The largest absolute Gasteiger partial charge is 0.506 e. The molecule has 1 aliphatic rings. The predicted molar refractivity (Wildman–Crippen MR) is 114 cm³/mol. The van der Waals surface area contributed by atoms with E-state index in [-0.39, 0.29) is 15.8 Å². The topological polar surface area (TPSA) is 70.0 Å². The van der Waals surface area contributed by atoms with Gasteiger partial charge in [0.1, 0.15) is 5.75 Å². The van der Waals surface area contributed by atoms with E-state index >= 15 is 0 Å². The summed E-state index contributed by atoms with van der Waals surface area (Å²) < 4.78 is 0. The lowest BCUT2D eigenvalue weighted by Crippen LogP contribution is -2.29. The van der Waals surface area contributed by atoms with Crippen LogP contribution in [0.2, 0.25) is 10.0 Å². The number of phenolic OH excluding ortho intramolecular Hbond substituents is 1. The predicted octanol–water partition coefficient (Wildman–Crippen LogP) is 5.56. The molecule has 0 bridgehead atoms. The van der Waals surface area contributed by atoms with Crippen molar-refractivity contribution in [3.05, 3.63) is 86.9 Å². The van der Waals surface area contributed by atoms with Crippen molar-refractivity contribution >= 4 is 52.6 Å². The van der Waals surface area contributed by atoms with Crippen molar-refractivity contribution in [2.24, 2.45) is 4.99 Å². The summed E-state index contributed by atoms with van der Waals surface area (Å²) in [4.78, 5) is 30.6. The van der Waals surface area contributed by atoms with Crippen molar-refractivity contribution < 1.29 is 14.7 Å². The van der Waals surface area contributed by atoms with Gasteiger partial charge in [0.25, 0.3) is 11.8 Å². The van der Waals surface area contributed by atoms with Crippen LogP contribution >= 0.6 is 23.2 Å². The molecule has 3 aromatic carbocycles. The Morgan fingerprint density at radius 2 is 1.59 bits per heavy atom. The molecule has 0 spiro atoms. The van der Waals surface area contributed by atoms with E-state index in [4.69, 9.17) is 23.2 Å². The number of halogens is 2. The van der Waals surface area contributed by atoms with E-state index in [0.29, 0.717) is 28.1 Å². The van der Waals surface area contributed by atoms with Gasteiger partial charge in [-0.15, -0.1) is 0 Å². The monoisotopic (exact) mass is 424 g/mol. The number of rotatable bonds is 3. The van der Waals surface area contributed by atoms with Crippen LogP contribution in [-0.4, -0.2) is 23.1 Å². The van der Waals surface area contributed by atoms with Crippen molar-refractivity contribution in [3.63, 3.8) is 0 Å². The number of benzene rings is 3. The normalized spacial score (nSPS) is 13.4. The van der Waals surface area contributed by atoms with E-state index < -0.39 is 11.8 Å². The van der Waals surface area contributed by atoms with E-state index in [1.165, 1.54) is 12.3 Å². The number of nitrogens with zero attached hydrogens (tertiary/aromatic N) is 2. The maximum atomic E-state index is 12.6. The SMILES string of the molecule is Cc1cc(Cl)c(O)c(C=Nc2ccc(N3C(=O)c4ccccc4C3=O)cc2Cl)c1. The Hall–Kier alpha value is -3.15. The number of carbonyl (C=O) groups excluding carboxylic acids is 2. The first-order chi connectivity index (χ1) is 13.9. The summed E-state index contributed by atoms with van der Waals surface area (Å²) in [6, 6.07) is 14.8. The van der Waals surface area contributed by atoms with Crippen molar-refractivity contribution in [2.45, 2.75) is 6.92 Å². The van der Waals surface area contributed by atoms with Gasteiger partial charge in [-0.05, 0) is 55.0 Å². The van der Waals surface area contributed by atoms with Crippen LogP contribution in [0, 0.1) is 6.92 Å². The van der Waals surface area contributed by atoms with E-state index in [2.05, 4.69) is 4.99 Å². The Bertz CT molecular complexity index is 1170. The maximum Gasteiger partial charge on any atom is 0.266 e. The summed E-state index contributed by atoms with van der Waals surface area (Å²) in [7, 11) is 0. The molecule has 1 heterocycles. The van der Waals surface area contributed by atoms with Crippen molar-refractivity contribution in [3.8, 4) is 5.75 Å². The highest BCUT2D eigenvalue weighted by Crippen LogP contribution is 2.34. The fourth-order valence-electron chi connectivity index (χ4n) is 3.16. The average Bonchev–Trinajstić information content (AvgIpc) is 2.95. The number of imide groups is 1. The van der Waals surface area contributed by atoms with Crippen molar-refractivity contribution in [1.82, 2.24) is 0 Å². The number of aromatic hydroxyl groups is 1. The molecule has 29 heavy (non-hydrogen) atoms. The third kappa shape index (κ3) is 3.39. The summed E-state index contributed by atoms with van der Waals surface area (Å²) in [5.41, 5.74) is 2.84. The van der Waals surface area contributed by atoms with Gasteiger partial charge in [-0.2, -0.15) is 0 Å². The zero-order valence-corrected chi connectivity index (χ0v) is 16.7. The number of phenols is 1. The van der Waals surface area contributed by atoms with Gasteiger partial charge in [-0.3, -0.25) is 14.6 Å². The fourth-order valence-corrected chi connectivity index (χ4v) is 3.67. The van der Waals surface area contributed by atoms with Crippen LogP contribution in [0.1, 0.15) is 31.8 Å². The van der Waals surface area contributed by atoms with Crippen LogP contribution in [0.15, 0.2) is 59.6 Å². The first-order valence-electron chi connectivity index (χ1n) is 8.67. The lowest BCUT2D eigenvalue weighted by Gasteiger charge is -2.14. The molecule has 0 unspecified atom stereocenters. The molecule has 0 saturated carbocycles. The van der Waals surface area contributed by atoms with Crippen molar-refractivity contribution in [1.29, 1.82) is 0 Å². The number of hydrogen-bond donors (Lipinski definition) is 1. The molecule has 3 aromatic rings. The first kappa shape index (κ1) is 19.2. The Kier molecular flexibility index (Phi) is 4.86. The number of hydrogen-bond acceptors (Lipinski definition) is 4. The summed E-state index contributed by atoms with van der Waals surface area (Å²) in [6.45, 7) is 1.85. The van der Waals surface area contributed by atoms with Crippen LogP contribution in [0.3, 0.4) is 0 Å². The molecule has 0 aromatic heterocycles. The third-order valence-electron chi connectivity index (χ3n) is 4.56. The number of fused-ring (bicyclic) bond motifs is 1. The standard InChI is InChI=1S/C22H14Cl2N2O3/c1-12-8-13(20(27)18(24)9-12)11-25-19-7-6-14(10-17(19)23)26-21(28)15-4-2-3-5-16(15)22(26)29/h2-11,27H,1H3. The second-order valence-electron chi connectivity index (χ2n) is 6.57. The van der Waals surface area contributed by atoms with Crippen LogP contribution in [-0.2, 0) is 0 Å². The van der Waals surface area contributed by atoms with Gasteiger partial charge in [-0.25, -0.2) is 4.90 Å². The summed E-state index contributed by atoms with van der Waals surface area (Å²) in [5.74, 6) is -0.853. The third-order valence-corrected chi connectivity index (χ3v) is 5.15.